The third kappa shape index (κ3) is 5.14. The number of benzene rings is 2. The van der Waals surface area contributed by atoms with Crippen molar-refractivity contribution in [3.63, 3.8) is 0 Å². The van der Waals surface area contributed by atoms with Crippen molar-refractivity contribution in [1.82, 2.24) is 5.32 Å². The Morgan fingerprint density at radius 2 is 1.13 bits per heavy atom. The largest absolute Gasteiger partial charge is 0.404 e. The van der Waals surface area contributed by atoms with Crippen LogP contribution in [0.1, 0.15) is 59.3 Å². The van der Waals surface area contributed by atoms with Crippen molar-refractivity contribution in [2.45, 2.75) is 82.6 Å². The first kappa shape index (κ1) is 22.7. The van der Waals surface area contributed by atoms with Gasteiger partial charge in [0.15, 0.2) is 0 Å². The van der Waals surface area contributed by atoms with Gasteiger partial charge in [0.2, 0.25) is 0 Å². The van der Waals surface area contributed by atoms with Crippen LogP contribution >= 0.6 is 0 Å². The van der Waals surface area contributed by atoms with Crippen LogP contribution in [0.2, 0.25) is 5.04 Å². The molecule has 0 aromatic heterocycles. The molecule has 1 heterocycles. The van der Waals surface area contributed by atoms with Gasteiger partial charge >= 0.3 is 0 Å². The quantitative estimate of drug-likeness (QED) is 0.668. The van der Waals surface area contributed by atoms with E-state index >= 15 is 0 Å². The molecule has 3 nitrogen and oxygen atoms in total. The Balaban J connectivity index is 1.53. The molecule has 1 N–H and O–H groups in total. The standard InChI is InChI=1S/C27H39NO2Si/c1-27(2,3)31(25-10-6-4-7-11-25,26-12-8-5-9-13-26)30-24-16-14-22(15-17-24)29-23-18-20-28-21-19-23/h4-13,22-24,28H,14-21H2,1-3H3. The van der Waals surface area contributed by atoms with Crippen molar-refractivity contribution < 1.29 is 9.16 Å². The number of ether oxygens (including phenoxy) is 1. The molecular formula is C27H39NO2Si. The maximum atomic E-state index is 7.33. The van der Waals surface area contributed by atoms with E-state index in [0.29, 0.717) is 18.3 Å². The van der Waals surface area contributed by atoms with Gasteiger partial charge in [0.25, 0.3) is 8.32 Å². The summed E-state index contributed by atoms with van der Waals surface area (Å²) < 4.78 is 13.8. The molecule has 0 unspecified atom stereocenters. The van der Waals surface area contributed by atoms with E-state index in [1.807, 2.05) is 0 Å². The zero-order valence-electron chi connectivity index (χ0n) is 19.5. The highest BCUT2D eigenvalue weighted by Gasteiger charge is 2.51. The SMILES string of the molecule is CC(C)(C)[Si](OC1CCC(OC2CCNCC2)CC1)(c1ccccc1)c1ccccc1. The molecule has 31 heavy (non-hydrogen) atoms. The Hall–Kier alpha value is -1.46. The highest BCUT2D eigenvalue weighted by molar-refractivity contribution is 6.99. The van der Waals surface area contributed by atoms with Gasteiger partial charge in [0.05, 0.1) is 12.2 Å². The molecule has 1 saturated heterocycles. The monoisotopic (exact) mass is 437 g/mol. The van der Waals surface area contributed by atoms with E-state index in [-0.39, 0.29) is 5.04 Å². The van der Waals surface area contributed by atoms with Crippen molar-refractivity contribution >= 4 is 18.7 Å². The van der Waals surface area contributed by atoms with Crippen molar-refractivity contribution in [3.8, 4) is 0 Å². The fraction of sp³-hybridized carbons (Fsp3) is 0.556. The van der Waals surface area contributed by atoms with Crippen LogP contribution in [-0.2, 0) is 9.16 Å². The molecule has 1 aliphatic heterocycles. The lowest BCUT2D eigenvalue weighted by atomic mass is 9.94. The lowest BCUT2D eigenvalue weighted by Crippen LogP contribution is -2.67. The van der Waals surface area contributed by atoms with Gasteiger partial charge in [-0.3, -0.25) is 0 Å². The third-order valence-electron chi connectivity index (χ3n) is 7.05. The van der Waals surface area contributed by atoms with E-state index in [9.17, 15) is 0 Å². The number of hydrogen-bond donors (Lipinski definition) is 1. The Labute approximate surface area is 189 Å². The van der Waals surface area contributed by atoms with Gasteiger partial charge in [-0.1, -0.05) is 81.4 Å². The van der Waals surface area contributed by atoms with E-state index in [0.717, 1.165) is 51.6 Å². The molecule has 168 valence electrons. The Kier molecular flexibility index (Phi) is 7.32. The zero-order chi connectivity index (χ0) is 21.7. The van der Waals surface area contributed by atoms with Crippen LogP contribution in [0, 0.1) is 0 Å². The second-order valence-electron chi connectivity index (χ2n) is 10.3. The molecule has 1 aliphatic carbocycles. The van der Waals surface area contributed by atoms with Gasteiger partial charge in [-0.15, -0.1) is 0 Å². The van der Waals surface area contributed by atoms with Crippen LogP contribution in [0.4, 0.5) is 0 Å². The number of hydrogen-bond acceptors (Lipinski definition) is 3. The van der Waals surface area contributed by atoms with Crippen molar-refractivity contribution in [1.29, 1.82) is 0 Å². The smallest absolute Gasteiger partial charge is 0.261 e. The second kappa shape index (κ2) is 9.99. The fourth-order valence-corrected chi connectivity index (χ4v) is 10.2. The molecule has 2 fully saturated rings. The van der Waals surface area contributed by atoms with Crippen LogP contribution in [-0.4, -0.2) is 39.7 Å². The van der Waals surface area contributed by atoms with E-state index in [4.69, 9.17) is 9.16 Å². The lowest BCUT2D eigenvalue weighted by Gasteiger charge is -2.46. The summed E-state index contributed by atoms with van der Waals surface area (Å²) in [5, 5.41) is 6.23. The molecule has 1 saturated carbocycles. The van der Waals surface area contributed by atoms with Crippen LogP contribution in [0.3, 0.4) is 0 Å². The van der Waals surface area contributed by atoms with E-state index in [2.05, 4.69) is 86.8 Å². The lowest BCUT2D eigenvalue weighted by molar-refractivity contribution is -0.0557. The van der Waals surface area contributed by atoms with E-state index < -0.39 is 8.32 Å². The summed E-state index contributed by atoms with van der Waals surface area (Å²) in [6, 6.07) is 22.0. The Morgan fingerprint density at radius 3 is 1.61 bits per heavy atom. The summed E-state index contributed by atoms with van der Waals surface area (Å²) in [5.74, 6) is 0. The number of nitrogens with one attached hydrogen (secondary N) is 1. The average Bonchev–Trinajstić information content (AvgIpc) is 2.80. The van der Waals surface area contributed by atoms with E-state index in [1.54, 1.807) is 0 Å². The predicted molar refractivity (Wildman–Crippen MR) is 132 cm³/mol. The maximum absolute atomic E-state index is 7.33. The average molecular weight is 438 g/mol. The fourth-order valence-electron chi connectivity index (χ4n) is 5.43. The highest BCUT2D eigenvalue weighted by atomic mass is 28.4. The highest BCUT2D eigenvalue weighted by Crippen LogP contribution is 2.39. The van der Waals surface area contributed by atoms with Crippen LogP contribution < -0.4 is 15.7 Å². The molecule has 2 aromatic carbocycles. The van der Waals surface area contributed by atoms with E-state index in [1.165, 1.54) is 10.4 Å². The van der Waals surface area contributed by atoms with Crippen molar-refractivity contribution in [2.24, 2.45) is 0 Å². The van der Waals surface area contributed by atoms with Crippen LogP contribution in [0.5, 0.6) is 0 Å². The summed E-state index contributed by atoms with van der Waals surface area (Å²) in [6.07, 6.45) is 7.89. The molecule has 2 aromatic rings. The molecule has 0 bridgehead atoms. The second-order valence-corrected chi connectivity index (χ2v) is 14.5. The first-order valence-electron chi connectivity index (χ1n) is 12.1. The van der Waals surface area contributed by atoms with Gasteiger partial charge < -0.3 is 14.5 Å². The molecule has 0 spiro atoms. The van der Waals surface area contributed by atoms with Crippen molar-refractivity contribution in [2.75, 3.05) is 13.1 Å². The minimum absolute atomic E-state index is 0.0398. The summed E-state index contributed by atoms with van der Waals surface area (Å²) >= 11 is 0. The first-order chi connectivity index (χ1) is 15.0. The number of rotatable bonds is 6. The van der Waals surface area contributed by atoms with Gasteiger partial charge in [-0.2, -0.15) is 0 Å². The summed E-state index contributed by atoms with van der Waals surface area (Å²) in [4.78, 5) is 0. The Bertz CT molecular complexity index is 751. The third-order valence-corrected chi connectivity index (χ3v) is 12.1. The van der Waals surface area contributed by atoms with Crippen molar-refractivity contribution in [3.05, 3.63) is 60.7 Å². The summed E-state index contributed by atoms with van der Waals surface area (Å²) in [7, 11) is -2.45. The van der Waals surface area contributed by atoms with Gasteiger partial charge in [-0.05, 0) is 67.0 Å². The van der Waals surface area contributed by atoms with Gasteiger partial charge in [0.1, 0.15) is 0 Å². The minimum Gasteiger partial charge on any atom is -0.404 e. The maximum Gasteiger partial charge on any atom is 0.261 e. The van der Waals surface area contributed by atoms with Gasteiger partial charge in [0, 0.05) is 6.10 Å². The van der Waals surface area contributed by atoms with Crippen LogP contribution in [0.25, 0.3) is 0 Å². The Morgan fingerprint density at radius 1 is 0.677 bits per heavy atom. The molecule has 0 radical (unpaired) electrons. The summed E-state index contributed by atoms with van der Waals surface area (Å²) in [6.45, 7) is 9.29. The molecule has 4 heteroatoms. The topological polar surface area (TPSA) is 30.5 Å². The minimum atomic E-state index is -2.45. The predicted octanol–water partition coefficient (Wildman–Crippen LogP) is 4.64. The molecule has 4 rings (SSSR count). The molecule has 0 atom stereocenters. The van der Waals surface area contributed by atoms with Gasteiger partial charge in [-0.25, -0.2) is 0 Å². The molecule has 2 aliphatic rings. The van der Waals surface area contributed by atoms with Crippen LogP contribution in [0.15, 0.2) is 60.7 Å². The molecular weight excluding hydrogens is 398 g/mol. The first-order valence-corrected chi connectivity index (χ1v) is 14.0. The summed E-state index contributed by atoms with van der Waals surface area (Å²) in [5.41, 5.74) is 0. The normalized spacial score (nSPS) is 23.6. The number of piperidine rings is 1. The molecule has 0 amide bonds. The zero-order valence-corrected chi connectivity index (χ0v) is 20.5.